The van der Waals surface area contributed by atoms with Gasteiger partial charge in [0.1, 0.15) is 0 Å². The van der Waals surface area contributed by atoms with Crippen LogP contribution >= 0.6 is 22.6 Å². The first-order valence-corrected chi connectivity index (χ1v) is 6.87. The Labute approximate surface area is 119 Å². The predicted octanol–water partition coefficient (Wildman–Crippen LogP) is 2.77. The van der Waals surface area contributed by atoms with Crippen LogP contribution in [0.5, 0.6) is 0 Å². The van der Waals surface area contributed by atoms with Crippen molar-refractivity contribution in [2.45, 2.75) is 13.8 Å². The third-order valence-electron chi connectivity index (χ3n) is 2.71. The van der Waals surface area contributed by atoms with E-state index in [0.717, 1.165) is 22.2 Å². The van der Waals surface area contributed by atoms with Crippen molar-refractivity contribution in [3.63, 3.8) is 0 Å². The van der Waals surface area contributed by atoms with E-state index in [-0.39, 0.29) is 0 Å². The number of hydrogen-bond acceptors (Lipinski definition) is 5. The molecule has 96 valence electrons. The zero-order chi connectivity index (χ0) is 13.1. The summed E-state index contributed by atoms with van der Waals surface area (Å²) in [5, 5.41) is 3.99. The van der Waals surface area contributed by atoms with E-state index in [1.165, 1.54) is 0 Å². The van der Waals surface area contributed by atoms with Gasteiger partial charge in [-0.2, -0.15) is 4.98 Å². The van der Waals surface area contributed by atoms with Crippen LogP contribution in [0.15, 0.2) is 22.7 Å². The van der Waals surface area contributed by atoms with Gasteiger partial charge in [0.2, 0.25) is 0 Å². The molecule has 6 heteroatoms. The van der Waals surface area contributed by atoms with Crippen LogP contribution < -0.4 is 10.6 Å². The van der Waals surface area contributed by atoms with E-state index in [1.807, 2.05) is 23.1 Å². The maximum atomic E-state index is 5.93. The molecular weight excluding hydrogens is 343 g/mol. The van der Waals surface area contributed by atoms with E-state index < -0.39 is 0 Å². The van der Waals surface area contributed by atoms with Crippen LogP contribution in [0.2, 0.25) is 0 Å². The Bertz CT molecular complexity index is 537. The summed E-state index contributed by atoms with van der Waals surface area (Å²) in [6.07, 6.45) is 0. The van der Waals surface area contributed by atoms with E-state index in [9.17, 15) is 0 Å². The average Bonchev–Trinajstić information content (AvgIpc) is 2.83. The number of anilines is 2. The predicted molar refractivity (Wildman–Crippen MR) is 80.4 cm³/mol. The number of nitrogens with two attached hydrogens (primary N) is 1. The number of hydrogen-bond donors (Lipinski definition) is 1. The first kappa shape index (κ1) is 13.1. The van der Waals surface area contributed by atoms with Gasteiger partial charge in [-0.05, 0) is 59.8 Å². The van der Waals surface area contributed by atoms with E-state index in [0.29, 0.717) is 17.5 Å². The Morgan fingerprint density at radius 3 is 2.72 bits per heavy atom. The summed E-state index contributed by atoms with van der Waals surface area (Å²) in [6, 6.07) is 5.73. The molecule has 0 radical (unpaired) electrons. The Hall–Kier alpha value is -1.31. The van der Waals surface area contributed by atoms with Crippen molar-refractivity contribution < 1.29 is 4.52 Å². The number of rotatable bonds is 4. The fourth-order valence-electron chi connectivity index (χ4n) is 1.67. The second-order valence-electron chi connectivity index (χ2n) is 3.80. The molecule has 1 aromatic heterocycles. The van der Waals surface area contributed by atoms with Crippen molar-refractivity contribution in [1.82, 2.24) is 10.1 Å². The molecular formula is C12H15IN4O. The fraction of sp³-hybridized carbons (Fsp3) is 0.333. The number of nitrogens with zero attached hydrogens (tertiary/aromatic N) is 3. The quantitative estimate of drug-likeness (QED) is 0.673. The van der Waals surface area contributed by atoms with E-state index >= 15 is 0 Å². The Morgan fingerprint density at radius 2 is 2.06 bits per heavy atom. The minimum atomic E-state index is 0.466. The van der Waals surface area contributed by atoms with E-state index in [4.69, 9.17) is 10.3 Å². The first-order valence-electron chi connectivity index (χ1n) is 5.79. The minimum Gasteiger partial charge on any atom is -0.398 e. The number of nitrogen functional groups attached to an aromatic ring is 1. The summed E-state index contributed by atoms with van der Waals surface area (Å²) in [5.74, 6) is 1.07. The lowest BCUT2D eigenvalue weighted by molar-refractivity contribution is 0.429. The molecule has 0 saturated carbocycles. The van der Waals surface area contributed by atoms with E-state index in [1.54, 1.807) is 0 Å². The average molecular weight is 358 g/mol. The van der Waals surface area contributed by atoms with Crippen LogP contribution in [0.4, 0.5) is 11.6 Å². The van der Waals surface area contributed by atoms with Gasteiger partial charge in [-0.15, -0.1) is 0 Å². The van der Waals surface area contributed by atoms with Crippen LogP contribution in [0.25, 0.3) is 11.5 Å². The SMILES string of the molecule is CCN(CC)c1noc(-c2cc(I)ccc2N)n1. The van der Waals surface area contributed by atoms with Crippen LogP contribution in [0.3, 0.4) is 0 Å². The van der Waals surface area contributed by atoms with Crippen molar-refractivity contribution >= 4 is 34.2 Å². The Kier molecular flexibility index (Phi) is 4.05. The highest BCUT2D eigenvalue weighted by Gasteiger charge is 2.14. The highest BCUT2D eigenvalue weighted by Crippen LogP contribution is 2.27. The van der Waals surface area contributed by atoms with Crippen molar-refractivity contribution in [3.8, 4) is 11.5 Å². The lowest BCUT2D eigenvalue weighted by Crippen LogP contribution is -2.22. The second-order valence-corrected chi connectivity index (χ2v) is 5.05. The van der Waals surface area contributed by atoms with Gasteiger partial charge in [0, 0.05) is 22.3 Å². The Balaban J connectivity index is 2.37. The highest BCUT2D eigenvalue weighted by molar-refractivity contribution is 14.1. The molecule has 0 aliphatic heterocycles. The van der Waals surface area contributed by atoms with Crippen molar-refractivity contribution in [2.75, 3.05) is 23.7 Å². The molecule has 0 amide bonds. The van der Waals surface area contributed by atoms with Gasteiger partial charge >= 0.3 is 0 Å². The standard InChI is InChI=1S/C12H15IN4O/c1-3-17(4-2)12-15-11(18-16-12)9-7-8(13)5-6-10(9)14/h5-7H,3-4,14H2,1-2H3. The van der Waals surface area contributed by atoms with Gasteiger partial charge in [-0.3, -0.25) is 0 Å². The van der Waals surface area contributed by atoms with E-state index in [2.05, 4.69) is 46.6 Å². The molecule has 1 aromatic carbocycles. The summed E-state index contributed by atoms with van der Waals surface area (Å²) >= 11 is 2.23. The summed E-state index contributed by atoms with van der Waals surface area (Å²) < 4.78 is 6.37. The van der Waals surface area contributed by atoms with Crippen molar-refractivity contribution in [3.05, 3.63) is 21.8 Å². The molecule has 5 nitrogen and oxygen atoms in total. The molecule has 0 unspecified atom stereocenters. The number of halogens is 1. The molecule has 18 heavy (non-hydrogen) atoms. The molecule has 0 aliphatic rings. The maximum Gasteiger partial charge on any atom is 0.266 e. The summed E-state index contributed by atoms with van der Waals surface area (Å²) in [4.78, 5) is 6.41. The largest absolute Gasteiger partial charge is 0.398 e. The second kappa shape index (κ2) is 5.55. The third kappa shape index (κ3) is 2.58. The topological polar surface area (TPSA) is 68.2 Å². The van der Waals surface area contributed by atoms with Gasteiger partial charge in [-0.1, -0.05) is 0 Å². The van der Waals surface area contributed by atoms with Gasteiger partial charge in [0.25, 0.3) is 11.8 Å². The first-order chi connectivity index (χ1) is 8.65. The number of aromatic nitrogens is 2. The molecule has 0 aliphatic carbocycles. The van der Waals surface area contributed by atoms with Gasteiger partial charge in [0.15, 0.2) is 0 Å². The number of benzene rings is 1. The molecule has 0 spiro atoms. The summed E-state index contributed by atoms with van der Waals surface area (Å²) in [5.41, 5.74) is 7.36. The summed E-state index contributed by atoms with van der Waals surface area (Å²) in [7, 11) is 0. The van der Waals surface area contributed by atoms with Crippen LogP contribution in [0, 0.1) is 3.57 Å². The van der Waals surface area contributed by atoms with Crippen LogP contribution in [0.1, 0.15) is 13.8 Å². The molecule has 2 aromatic rings. The zero-order valence-electron chi connectivity index (χ0n) is 10.4. The third-order valence-corrected chi connectivity index (χ3v) is 3.38. The van der Waals surface area contributed by atoms with Crippen molar-refractivity contribution in [2.24, 2.45) is 0 Å². The monoisotopic (exact) mass is 358 g/mol. The lowest BCUT2D eigenvalue weighted by atomic mass is 10.2. The molecule has 0 atom stereocenters. The normalized spacial score (nSPS) is 10.6. The van der Waals surface area contributed by atoms with Gasteiger partial charge in [0.05, 0.1) is 5.56 Å². The molecule has 0 fully saturated rings. The molecule has 0 saturated heterocycles. The smallest absolute Gasteiger partial charge is 0.266 e. The lowest BCUT2D eigenvalue weighted by Gasteiger charge is -2.14. The van der Waals surface area contributed by atoms with Crippen LogP contribution in [-0.4, -0.2) is 23.2 Å². The molecule has 1 heterocycles. The van der Waals surface area contributed by atoms with Crippen LogP contribution in [-0.2, 0) is 0 Å². The molecule has 2 N–H and O–H groups in total. The minimum absolute atomic E-state index is 0.466. The molecule has 2 rings (SSSR count). The van der Waals surface area contributed by atoms with Gasteiger partial charge < -0.3 is 15.2 Å². The van der Waals surface area contributed by atoms with Crippen molar-refractivity contribution in [1.29, 1.82) is 0 Å². The fourth-order valence-corrected chi connectivity index (χ4v) is 2.16. The summed E-state index contributed by atoms with van der Waals surface area (Å²) in [6.45, 7) is 5.80. The van der Waals surface area contributed by atoms with Gasteiger partial charge in [-0.25, -0.2) is 0 Å². The maximum absolute atomic E-state index is 5.93. The Morgan fingerprint density at radius 1 is 1.33 bits per heavy atom. The highest BCUT2D eigenvalue weighted by atomic mass is 127. The zero-order valence-corrected chi connectivity index (χ0v) is 12.5. The molecule has 0 bridgehead atoms.